The second-order valence-electron chi connectivity index (χ2n) is 6.02. The van der Waals surface area contributed by atoms with Crippen molar-refractivity contribution >= 4 is 6.09 Å². The maximum Gasteiger partial charge on any atom is 0.407 e. The number of amides is 1. The quantitative estimate of drug-likeness (QED) is 0.719. The van der Waals surface area contributed by atoms with Gasteiger partial charge in [0.25, 0.3) is 0 Å². The fourth-order valence-corrected chi connectivity index (χ4v) is 2.90. The lowest BCUT2D eigenvalue weighted by Gasteiger charge is -2.29. The summed E-state index contributed by atoms with van der Waals surface area (Å²) in [5.74, 6) is 1.32. The van der Waals surface area contributed by atoms with Crippen LogP contribution in [0.1, 0.15) is 27.2 Å². The molecule has 1 amide bonds. The molecule has 96 valence electrons. The van der Waals surface area contributed by atoms with E-state index in [-0.39, 0.29) is 12.1 Å². The molecule has 2 aliphatic rings. The summed E-state index contributed by atoms with van der Waals surface area (Å²) in [6, 6.07) is 0.143. The Morgan fingerprint density at radius 3 is 2.65 bits per heavy atom. The van der Waals surface area contributed by atoms with Crippen molar-refractivity contribution in [3.05, 3.63) is 12.2 Å². The van der Waals surface area contributed by atoms with Gasteiger partial charge in [-0.3, -0.25) is 0 Å². The molecule has 4 atom stereocenters. The Kier molecular flexibility index (Phi) is 3.17. The van der Waals surface area contributed by atoms with Gasteiger partial charge in [0, 0.05) is 6.04 Å². The lowest BCUT2D eigenvalue weighted by molar-refractivity contribution is 0.0482. The maximum atomic E-state index is 11.8. The molecular weight excluding hydrogens is 216 g/mol. The molecule has 2 bridgehead atoms. The Morgan fingerprint density at radius 2 is 2.06 bits per heavy atom. The van der Waals surface area contributed by atoms with Crippen LogP contribution in [0.3, 0.4) is 0 Å². The van der Waals surface area contributed by atoms with Crippen LogP contribution in [0.25, 0.3) is 0 Å². The fourth-order valence-electron chi connectivity index (χ4n) is 2.90. The predicted octanol–water partition coefficient (Wildman–Crippen LogP) is 1.66. The van der Waals surface area contributed by atoms with Crippen LogP contribution < -0.4 is 11.1 Å². The normalized spacial score (nSPS) is 35.1. The van der Waals surface area contributed by atoms with Crippen molar-refractivity contribution in [2.75, 3.05) is 6.54 Å². The van der Waals surface area contributed by atoms with Crippen molar-refractivity contribution in [2.45, 2.75) is 38.8 Å². The zero-order chi connectivity index (χ0) is 12.6. The number of allylic oxidation sites excluding steroid dienone is 1. The lowest BCUT2D eigenvalue weighted by Crippen LogP contribution is -2.47. The van der Waals surface area contributed by atoms with Crippen LogP contribution >= 0.6 is 0 Å². The van der Waals surface area contributed by atoms with E-state index in [1.54, 1.807) is 0 Å². The van der Waals surface area contributed by atoms with Gasteiger partial charge in [-0.05, 0) is 51.5 Å². The summed E-state index contributed by atoms with van der Waals surface area (Å²) >= 11 is 0. The van der Waals surface area contributed by atoms with Gasteiger partial charge in [0.05, 0.1) is 0 Å². The number of hydrogen-bond acceptors (Lipinski definition) is 3. The molecule has 0 aromatic heterocycles. The SMILES string of the molecule is CC(C)(C)OC(=O)N[C@H]1C2C=CC(C2)[C@@H]1CN. The predicted molar refractivity (Wildman–Crippen MR) is 66.4 cm³/mol. The first-order chi connectivity index (χ1) is 7.90. The largest absolute Gasteiger partial charge is 0.444 e. The molecule has 1 saturated carbocycles. The zero-order valence-corrected chi connectivity index (χ0v) is 10.8. The zero-order valence-electron chi connectivity index (χ0n) is 10.8. The van der Waals surface area contributed by atoms with E-state index in [4.69, 9.17) is 10.5 Å². The molecule has 3 N–H and O–H groups in total. The van der Waals surface area contributed by atoms with E-state index in [1.165, 1.54) is 0 Å². The van der Waals surface area contributed by atoms with E-state index in [2.05, 4.69) is 17.5 Å². The van der Waals surface area contributed by atoms with Crippen molar-refractivity contribution in [3.8, 4) is 0 Å². The molecule has 2 unspecified atom stereocenters. The summed E-state index contributed by atoms with van der Waals surface area (Å²) in [5, 5.41) is 2.98. The van der Waals surface area contributed by atoms with Crippen molar-refractivity contribution < 1.29 is 9.53 Å². The average molecular weight is 238 g/mol. The highest BCUT2D eigenvalue weighted by atomic mass is 16.6. The summed E-state index contributed by atoms with van der Waals surface area (Å²) in [4.78, 5) is 11.8. The molecule has 0 aromatic rings. The molecular formula is C13H22N2O2. The second-order valence-corrected chi connectivity index (χ2v) is 6.02. The molecule has 4 heteroatoms. The van der Waals surface area contributed by atoms with Crippen LogP contribution in [0.4, 0.5) is 4.79 Å². The van der Waals surface area contributed by atoms with Gasteiger partial charge in [-0.2, -0.15) is 0 Å². The number of hydrogen-bond donors (Lipinski definition) is 2. The first-order valence-corrected chi connectivity index (χ1v) is 6.28. The van der Waals surface area contributed by atoms with E-state index >= 15 is 0 Å². The van der Waals surface area contributed by atoms with Crippen molar-refractivity contribution in [1.29, 1.82) is 0 Å². The Balaban J connectivity index is 1.95. The van der Waals surface area contributed by atoms with Gasteiger partial charge in [0.1, 0.15) is 5.60 Å². The summed E-state index contributed by atoms with van der Waals surface area (Å²) in [6.07, 6.45) is 5.21. The molecule has 0 aliphatic heterocycles. The van der Waals surface area contributed by atoms with Crippen LogP contribution in [0.2, 0.25) is 0 Å². The highest BCUT2D eigenvalue weighted by Crippen LogP contribution is 2.43. The monoisotopic (exact) mass is 238 g/mol. The molecule has 4 nitrogen and oxygen atoms in total. The van der Waals surface area contributed by atoms with E-state index in [0.717, 1.165) is 6.42 Å². The van der Waals surface area contributed by atoms with E-state index in [9.17, 15) is 4.79 Å². The highest BCUT2D eigenvalue weighted by Gasteiger charge is 2.44. The topological polar surface area (TPSA) is 64.3 Å². The lowest BCUT2D eigenvalue weighted by atomic mass is 9.89. The summed E-state index contributed by atoms with van der Waals surface area (Å²) < 4.78 is 5.29. The van der Waals surface area contributed by atoms with Gasteiger partial charge in [-0.25, -0.2) is 4.79 Å². The molecule has 2 rings (SSSR count). The van der Waals surface area contributed by atoms with Gasteiger partial charge < -0.3 is 15.8 Å². The van der Waals surface area contributed by atoms with Gasteiger partial charge in [0.15, 0.2) is 0 Å². The van der Waals surface area contributed by atoms with Crippen LogP contribution in [0.15, 0.2) is 12.2 Å². The van der Waals surface area contributed by atoms with Crippen molar-refractivity contribution in [2.24, 2.45) is 23.5 Å². The number of ether oxygens (including phenoxy) is 1. The molecule has 0 aromatic carbocycles. The average Bonchev–Trinajstić information content (AvgIpc) is 2.74. The Labute approximate surface area is 103 Å². The summed E-state index contributed by atoms with van der Waals surface area (Å²) in [5.41, 5.74) is 5.34. The van der Waals surface area contributed by atoms with E-state index < -0.39 is 5.60 Å². The standard InChI is InChI=1S/C13H22N2O2/c1-13(2,3)17-12(16)15-11-9-5-4-8(6-9)10(11)7-14/h4-5,8-11H,6-7,14H2,1-3H3,(H,15,16)/t8?,9?,10-,11-/m0/s1. The molecule has 0 heterocycles. The van der Waals surface area contributed by atoms with E-state index in [1.807, 2.05) is 20.8 Å². The van der Waals surface area contributed by atoms with Crippen LogP contribution in [-0.4, -0.2) is 24.3 Å². The second kappa shape index (κ2) is 4.33. The Morgan fingerprint density at radius 1 is 1.41 bits per heavy atom. The number of nitrogens with one attached hydrogen (secondary N) is 1. The molecule has 2 aliphatic carbocycles. The minimum absolute atomic E-state index is 0.143. The Bertz CT molecular complexity index is 333. The molecule has 1 fully saturated rings. The van der Waals surface area contributed by atoms with Crippen molar-refractivity contribution in [3.63, 3.8) is 0 Å². The molecule has 0 spiro atoms. The van der Waals surface area contributed by atoms with Crippen LogP contribution in [0, 0.1) is 17.8 Å². The number of carbonyl (C=O) groups is 1. The van der Waals surface area contributed by atoms with Gasteiger partial charge in [0.2, 0.25) is 0 Å². The third-order valence-electron chi connectivity index (χ3n) is 3.58. The molecule has 0 radical (unpaired) electrons. The van der Waals surface area contributed by atoms with Crippen LogP contribution in [-0.2, 0) is 4.74 Å². The van der Waals surface area contributed by atoms with Gasteiger partial charge in [-0.1, -0.05) is 12.2 Å². The first kappa shape index (κ1) is 12.4. The number of rotatable bonds is 2. The summed E-state index contributed by atoms with van der Waals surface area (Å²) in [6.45, 7) is 6.22. The molecule has 17 heavy (non-hydrogen) atoms. The summed E-state index contributed by atoms with van der Waals surface area (Å²) in [7, 11) is 0. The molecule has 0 saturated heterocycles. The van der Waals surface area contributed by atoms with Gasteiger partial charge >= 0.3 is 6.09 Å². The number of alkyl carbamates (subject to hydrolysis) is 1. The first-order valence-electron chi connectivity index (χ1n) is 6.28. The number of fused-ring (bicyclic) bond motifs is 2. The minimum atomic E-state index is -0.449. The number of carbonyl (C=O) groups excluding carboxylic acids is 1. The van der Waals surface area contributed by atoms with Crippen molar-refractivity contribution in [1.82, 2.24) is 5.32 Å². The smallest absolute Gasteiger partial charge is 0.407 e. The van der Waals surface area contributed by atoms with Crippen LogP contribution in [0.5, 0.6) is 0 Å². The fraction of sp³-hybridized carbons (Fsp3) is 0.769. The maximum absolute atomic E-state index is 11.8. The van der Waals surface area contributed by atoms with E-state index in [0.29, 0.717) is 24.3 Å². The highest BCUT2D eigenvalue weighted by molar-refractivity contribution is 5.68. The third kappa shape index (κ3) is 2.63. The minimum Gasteiger partial charge on any atom is -0.444 e. The number of nitrogens with two attached hydrogens (primary N) is 1. The Hall–Kier alpha value is -1.03. The van der Waals surface area contributed by atoms with Gasteiger partial charge in [-0.15, -0.1) is 0 Å². The third-order valence-corrected chi connectivity index (χ3v) is 3.58.